The van der Waals surface area contributed by atoms with E-state index >= 15 is 0 Å². The molecule has 0 aliphatic heterocycles. The summed E-state index contributed by atoms with van der Waals surface area (Å²) in [7, 11) is 1.61. The lowest BCUT2D eigenvalue weighted by atomic mass is 10.2. The number of nitrogens with one attached hydrogen (secondary N) is 1. The second-order valence-corrected chi connectivity index (χ2v) is 7.19. The molecule has 0 fully saturated rings. The second kappa shape index (κ2) is 10.3. The van der Waals surface area contributed by atoms with Crippen LogP contribution in [0.4, 0.5) is 11.4 Å². The number of aromatic nitrogens is 4. The fourth-order valence-electron chi connectivity index (χ4n) is 2.53. The van der Waals surface area contributed by atoms with E-state index in [9.17, 15) is 19.7 Å². The Bertz CT molecular complexity index is 1150. The Morgan fingerprint density at radius 3 is 2.72 bits per heavy atom. The summed E-state index contributed by atoms with van der Waals surface area (Å²) in [5.74, 6) is -1.02. The number of esters is 1. The minimum atomic E-state index is -0.903. The van der Waals surface area contributed by atoms with Crippen LogP contribution in [0.2, 0.25) is 0 Å². The van der Waals surface area contributed by atoms with E-state index in [1.807, 2.05) is 6.92 Å². The zero-order valence-electron chi connectivity index (χ0n) is 17.0. The summed E-state index contributed by atoms with van der Waals surface area (Å²) in [6.07, 6.45) is 0. The Kier molecular flexibility index (Phi) is 7.33. The first-order chi connectivity index (χ1) is 15.4. The van der Waals surface area contributed by atoms with E-state index in [4.69, 9.17) is 9.47 Å². The maximum absolute atomic E-state index is 12.7. The molecule has 0 saturated carbocycles. The van der Waals surface area contributed by atoms with Crippen molar-refractivity contribution in [1.82, 2.24) is 20.2 Å². The van der Waals surface area contributed by atoms with Gasteiger partial charge in [-0.1, -0.05) is 12.1 Å². The van der Waals surface area contributed by atoms with Gasteiger partial charge in [-0.2, -0.15) is 0 Å². The van der Waals surface area contributed by atoms with Crippen molar-refractivity contribution < 1.29 is 24.0 Å². The van der Waals surface area contributed by atoms with Crippen molar-refractivity contribution in [2.45, 2.75) is 17.0 Å². The normalized spacial score (nSPS) is 10.4. The lowest BCUT2D eigenvalue weighted by molar-refractivity contribution is -0.384. The number of ether oxygens (including phenoxy) is 2. The summed E-state index contributed by atoms with van der Waals surface area (Å²) in [5, 5.41) is 25.1. The minimum Gasteiger partial charge on any atom is -0.492 e. The highest BCUT2D eigenvalue weighted by Crippen LogP contribution is 2.31. The first kappa shape index (κ1) is 22.7. The number of para-hydroxylation sites is 2. The summed E-state index contributed by atoms with van der Waals surface area (Å²) in [5.41, 5.74) is 0.0407. The van der Waals surface area contributed by atoms with Crippen molar-refractivity contribution in [3.63, 3.8) is 0 Å². The molecular formula is C19H18N6O6S. The number of carbonyl (C=O) groups is 2. The SMILES string of the molecule is CCOc1ccccc1NC(=O)COC(=O)c1cc([N+](=O)[O-])ccc1Sc1nnnn1C. The fraction of sp³-hybridized carbons (Fsp3) is 0.211. The molecule has 3 aromatic rings. The Balaban J connectivity index is 1.73. The average Bonchev–Trinajstić information content (AvgIpc) is 3.18. The number of carbonyl (C=O) groups excluding carboxylic acids is 2. The molecule has 166 valence electrons. The lowest BCUT2D eigenvalue weighted by Gasteiger charge is -2.12. The number of non-ortho nitro benzene ring substituents is 1. The van der Waals surface area contributed by atoms with Crippen LogP contribution < -0.4 is 10.1 Å². The maximum Gasteiger partial charge on any atom is 0.340 e. The number of nitro groups is 1. The van der Waals surface area contributed by atoms with Gasteiger partial charge in [-0.3, -0.25) is 14.9 Å². The second-order valence-electron chi connectivity index (χ2n) is 6.18. The largest absolute Gasteiger partial charge is 0.492 e. The van der Waals surface area contributed by atoms with Crippen molar-refractivity contribution in [2.24, 2.45) is 7.05 Å². The van der Waals surface area contributed by atoms with Crippen LogP contribution >= 0.6 is 11.8 Å². The molecule has 12 nitrogen and oxygen atoms in total. The quantitative estimate of drug-likeness (QED) is 0.287. The van der Waals surface area contributed by atoms with Gasteiger partial charge in [-0.25, -0.2) is 9.48 Å². The lowest BCUT2D eigenvalue weighted by Crippen LogP contribution is -2.21. The van der Waals surface area contributed by atoms with Gasteiger partial charge in [0.1, 0.15) is 5.75 Å². The van der Waals surface area contributed by atoms with E-state index in [1.165, 1.54) is 16.8 Å². The van der Waals surface area contributed by atoms with Crippen molar-refractivity contribution in [3.05, 3.63) is 58.1 Å². The number of anilines is 1. The molecule has 0 spiro atoms. The molecule has 0 bridgehead atoms. The van der Waals surface area contributed by atoms with Crippen LogP contribution in [0.1, 0.15) is 17.3 Å². The number of tetrazole rings is 1. The number of hydrogen-bond donors (Lipinski definition) is 1. The molecule has 1 amide bonds. The number of rotatable bonds is 9. The van der Waals surface area contributed by atoms with Gasteiger partial charge in [0.2, 0.25) is 5.16 Å². The highest BCUT2D eigenvalue weighted by atomic mass is 32.2. The average molecular weight is 458 g/mol. The predicted octanol–water partition coefficient (Wildman–Crippen LogP) is 2.46. The van der Waals surface area contributed by atoms with Crippen molar-refractivity contribution in [2.75, 3.05) is 18.5 Å². The number of nitrogens with zero attached hydrogens (tertiary/aromatic N) is 5. The highest BCUT2D eigenvalue weighted by molar-refractivity contribution is 7.99. The summed E-state index contributed by atoms with van der Waals surface area (Å²) < 4.78 is 11.9. The van der Waals surface area contributed by atoms with Gasteiger partial charge in [-0.15, -0.1) is 5.10 Å². The van der Waals surface area contributed by atoms with Crippen LogP contribution in [0.25, 0.3) is 0 Å². The topological polar surface area (TPSA) is 151 Å². The third-order valence-corrected chi connectivity index (χ3v) is 5.08. The van der Waals surface area contributed by atoms with Gasteiger partial charge in [0.05, 0.1) is 22.8 Å². The van der Waals surface area contributed by atoms with Crippen molar-refractivity contribution in [3.8, 4) is 5.75 Å². The monoisotopic (exact) mass is 458 g/mol. The van der Waals surface area contributed by atoms with Crippen molar-refractivity contribution in [1.29, 1.82) is 0 Å². The molecule has 2 aromatic carbocycles. The van der Waals surface area contributed by atoms with Crippen LogP contribution in [-0.4, -0.2) is 50.2 Å². The van der Waals surface area contributed by atoms with Gasteiger partial charge in [0.25, 0.3) is 11.6 Å². The zero-order valence-corrected chi connectivity index (χ0v) is 17.9. The van der Waals surface area contributed by atoms with Gasteiger partial charge < -0.3 is 14.8 Å². The molecule has 32 heavy (non-hydrogen) atoms. The van der Waals surface area contributed by atoms with Gasteiger partial charge in [0.15, 0.2) is 6.61 Å². The summed E-state index contributed by atoms with van der Waals surface area (Å²) in [4.78, 5) is 35.8. The highest BCUT2D eigenvalue weighted by Gasteiger charge is 2.21. The van der Waals surface area contributed by atoms with Crippen LogP contribution in [-0.2, 0) is 16.6 Å². The number of benzene rings is 2. The molecule has 0 atom stereocenters. The Morgan fingerprint density at radius 2 is 2.03 bits per heavy atom. The number of nitro benzene ring substituents is 1. The van der Waals surface area contributed by atoms with Crippen LogP contribution in [0.3, 0.4) is 0 Å². The number of aryl methyl sites for hydroxylation is 1. The first-order valence-electron chi connectivity index (χ1n) is 9.26. The standard InChI is InChI=1S/C19H18N6O6S/c1-3-30-15-7-5-4-6-14(15)20-17(26)11-31-18(27)13-10-12(25(28)29)8-9-16(13)32-19-21-22-23-24(19)2/h4-10H,3,11H2,1-2H3,(H,20,26). The van der Waals surface area contributed by atoms with E-state index in [0.29, 0.717) is 28.1 Å². The molecule has 0 aliphatic carbocycles. The molecule has 3 rings (SSSR count). The summed E-state index contributed by atoms with van der Waals surface area (Å²) >= 11 is 1.03. The Hall–Kier alpha value is -4.00. The number of hydrogen-bond acceptors (Lipinski definition) is 10. The Labute approximate surface area is 186 Å². The zero-order chi connectivity index (χ0) is 23.1. The molecule has 1 heterocycles. The minimum absolute atomic E-state index is 0.0882. The smallest absolute Gasteiger partial charge is 0.340 e. The molecule has 0 unspecified atom stereocenters. The van der Waals surface area contributed by atoms with E-state index in [-0.39, 0.29) is 11.3 Å². The molecule has 13 heteroatoms. The molecule has 0 saturated heterocycles. The Morgan fingerprint density at radius 1 is 1.25 bits per heavy atom. The first-order valence-corrected chi connectivity index (χ1v) is 10.1. The van der Waals surface area contributed by atoms with Gasteiger partial charge in [-0.05, 0) is 47.3 Å². The number of amides is 1. The van der Waals surface area contributed by atoms with Gasteiger partial charge in [0, 0.05) is 24.1 Å². The van der Waals surface area contributed by atoms with E-state index in [1.54, 1.807) is 31.3 Å². The fourth-order valence-corrected chi connectivity index (χ4v) is 3.36. The molecule has 1 N–H and O–H groups in total. The predicted molar refractivity (Wildman–Crippen MR) is 113 cm³/mol. The molecule has 0 radical (unpaired) electrons. The third-order valence-electron chi connectivity index (χ3n) is 3.97. The van der Waals surface area contributed by atoms with E-state index in [0.717, 1.165) is 17.8 Å². The summed E-state index contributed by atoms with van der Waals surface area (Å²) in [6, 6.07) is 10.5. The molecular weight excluding hydrogens is 440 g/mol. The van der Waals surface area contributed by atoms with E-state index in [2.05, 4.69) is 20.8 Å². The molecule has 0 aliphatic rings. The maximum atomic E-state index is 12.7. The van der Waals surface area contributed by atoms with Crippen LogP contribution in [0.5, 0.6) is 5.75 Å². The van der Waals surface area contributed by atoms with Crippen LogP contribution in [0.15, 0.2) is 52.5 Å². The summed E-state index contributed by atoms with van der Waals surface area (Å²) in [6.45, 7) is 1.62. The van der Waals surface area contributed by atoms with Crippen LogP contribution in [0, 0.1) is 10.1 Å². The third kappa shape index (κ3) is 5.57. The molecule has 1 aromatic heterocycles. The van der Waals surface area contributed by atoms with E-state index < -0.39 is 23.4 Å². The van der Waals surface area contributed by atoms with Crippen molar-refractivity contribution >= 4 is 35.0 Å². The van der Waals surface area contributed by atoms with Gasteiger partial charge >= 0.3 is 5.97 Å².